The van der Waals surface area contributed by atoms with Crippen LogP contribution in [-0.4, -0.2) is 23.9 Å². The van der Waals surface area contributed by atoms with Gasteiger partial charge in [-0.15, -0.1) is 0 Å². The maximum atomic E-state index is 13.1. The van der Waals surface area contributed by atoms with Crippen molar-refractivity contribution < 1.29 is 14.3 Å². The van der Waals surface area contributed by atoms with E-state index < -0.39 is 11.9 Å². The first kappa shape index (κ1) is 17.9. The van der Waals surface area contributed by atoms with Crippen LogP contribution in [0.3, 0.4) is 0 Å². The summed E-state index contributed by atoms with van der Waals surface area (Å²) < 4.78 is 4.94. The number of ether oxygens (including phenoxy) is 1. The zero-order chi connectivity index (χ0) is 19.8. The van der Waals surface area contributed by atoms with Crippen molar-refractivity contribution in [2.24, 2.45) is 5.73 Å². The number of benzene rings is 2. The minimum absolute atomic E-state index is 0.0123. The molecule has 2 N–H and O–H groups in total. The molecular weight excluding hydrogens is 374 g/mol. The van der Waals surface area contributed by atoms with Gasteiger partial charge in [0.05, 0.1) is 35.8 Å². The molecule has 1 atom stereocenters. The zero-order valence-electron chi connectivity index (χ0n) is 14.9. The Kier molecular flexibility index (Phi) is 4.41. The number of esters is 1. The lowest BCUT2D eigenvalue weighted by atomic mass is 9.83. The second-order valence-corrected chi connectivity index (χ2v) is 7.23. The molecule has 2 aromatic carbocycles. The molecule has 1 amide bonds. The molecule has 0 bridgehead atoms. The molecular formula is C21H15N3O3S. The van der Waals surface area contributed by atoms with Crippen LogP contribution in [-0.2, 0) is 9.53 Å². The minimum Gasteiger partial charge on any atom is -0.466 e. The summed E-state index contributed by atoms with van der Waals surface area (Å²) in [6.45, 7) is 0. The number of rotatable bonds is 2. The summed E-state index contributed by atoms with van der Waals surface area (Å²) in [5.74, 6) is -1.77. The van der Waals surface area contributed by atoms with Crippen molar-refractivity contribution in [1.82, 2.24) is 4.90 Å². The van der Waals surface area contributed by atoms with Crippen molar-refractivity contribution in [3.05, 3.63) is 87.7 Å². The Bertz CT molecular complexity index is 1100. The van der Waals surface area contributed by atoms with E-state index in [0.717, 1.165) is 10.5 Å². The highest BCUT2D eigenvalue weighted by Crippen LogP contribution is 2.49. The fraction of sp³-hybridized carbons (Fsp3) is 0.0952. The van der Waals surface area contributed by atoms with Gasteiger partial charge in [-0.25, -0.2) is 4.79 Å². The highest BCUT2D eigenvalue weighted by molar-refractivity contribution is 8.03. The van der Waals surface area contributed by atoms with E-state index in [1.54, 1.807) is 12.1 Å². The van der Waals surface area contributed by atoms with Crippen molar-refractivity contribution in [3.63, 3.8) is 0 Å². The average Bonchev–Trinajstić information content (AvgIpc) is 2.73. The smallest absolute Gasteiger partial charge is 0.338 e. The van der Waals surface area contributed by atoms with Crippen LogP contribution >= 0.6 is 11.8 Å². The fourth-order valence-electron chi connectivity index (χ4n) is 3.45. The molecule has 2 aliphatic heterocycles. The standard InChI is InChI=1S/C21H15N3O3S/c1-27-21(26)17-16(12-7-3-2-4-8-12)14(11-22)20-24(18(17)23)19(25)13-9-5-6-10-15(13)28-20/h2-10,16H,23H2,1H3. The summed E-state index contributed by atoms with van der Waals surface area (Å²) >= 11 is 1.30. The molecule has 0 radical (unpaired) electrons. The number of amides is 1. The van der Waals surface area contributed by atoms with Crippen molar-refractivity contribution in [1.29, 1.82) is 5.26 Å². The molecule has 0 aromatic heterocycles. The SMILES string of the molecule is COC(=O)C1=C(N)N2C(=O)c3ccccc3SC2=C(C#N)C1c1ccccc1. The summed E-state index contributed by atoms with van der Waals surface area (Å²) in [5, 5.41) is 10.4. The lowest BCUT2D eigenvalue weighted by Gasteiger charge is -2.38. The van der Waals surface area contributed by atoms with Gasteiger partial charge in [-0.3, -0.25) is 9.69 Å². The van der Waals surface area contributed by atoms with Gasteiger partial charge in [0.1, 0.15) is 10.9 Å². The quantitative estimate of drug-likeness (QED) is 0.793. The van der Waals surface area contributed by atoms with Crippen LogP contribution in [0.2, 0.25) is 0 Å². The topological polar surface area (TPSA) is 96.4 Å². The molecule has 6 nitrogen and oxygen atoms in total. The Balaban J connectivity index is 2.01. The summed E-state index contributed by atoms with van der Waals surface area (Å²) in [6, 6.07) is 18.4. The van der Waals surface area contributed by atoms with Crippen LogP contribution in [0, 0.1) is 11.3 Å². The zero-order valence-corrected chi connectivity index (χ0v) is 15.7. The molecule has 0 saturated carbocycles. The molecule has 0 saturated heterocycles. The van der Waals surface area contributed by atoms with E-state index in [1.165, 1.54) is 23.8 Å². The first-order chi connectivity index (χ1) is 13.6. The Morgan fingerprint density at radius 3 is 2.54 bits per heavy atom. The minimum atomic E-state index is -0.713. The summed E-state index contributed by atoms with van der Waals surface area (Å²) in [6.07, 6.45) is 0. The number of thioether (sulfide) groups is 1. The molecule has 1 unspecified atom stereocenters. The number of methoxy groups -OCH3 is 1. The highest BCUT2D eigenvalue weighted by atomic mass is 32.2. The van der Waals surface area contributed by atoms with E-state index in [2.05, 4.69) is 6.07 Å². The van der Waals surface area contributed by atoms with Gasteiger partial charge >= 0.3 is 5.97 Å². The van der Waals surface area contributed by atoms with Crippen LogP contribution in [0.25, 0.3) is 0 Å². The maximum absolute atomic E-state index is 13.1. The fourth-order valence-corrected chi connectivity index (χ4v) is 4.61. The predicted molar refractivity (Wildman–Crippen MR) is 104 cm³/mol. The van der Waals surface area contributed by atoms with Crippen LogP contribution in [0.4, 0.5) is 0 Å². The highest BCUT2D eigenvalue weighted by Gasteiger charge is 2.44. The van der Waals surface area contributed by atoms with Crippen molar-refractivity contribution in [3.8, 4) is 6.07 Å². The number of hydrogen-bond donors (Lipinski definition) is 1. The third-order valence-electron chi connectivity index (χ3n) is 4.71. The van der Waals surface area contributed by atoms with E-state index in [4.69, 9.17) is 10.5 Å². The third kappa shape index (κ3) is 2.58. The van der Waals surface area contributed by atoms with Crippen LogP contribution < -0.4 is 5.73 Å². The second kappa shape index (κ2) is 6.91. The Morgan fingerprint density at radius 2 is 1.86 bits per heavy atom. The maximum Gasteiger partial charge on any atom is 0.338 e. The molecule has 0 spiro atoms. The monoisotopic (exact) mass is 389 g/mol. The van der Waals surface area contributed by atoms with Crippen molar-refractivity contribution in [2.75, 3.05) is 7.11 Å². The number of nitrogens with zero attached hydrogens (tertiary/aromatic N) is 2. The first-order valence-electron chi connectivity index (χ1n) is 8.47. The molecule has 0 fully saturated rings. The molecule has 138 valence electrons. The molecule has 2 heterocycles. The number of nitrogens with two attached hydrogens (primary N) is 1. The molecule has 0 aliphatic carbocycles. The normalized spacial score (nSPS) is 18.4. The Labute approximate surface area is 165 Å². The number of fused-ring (bicyclic) bond motifs is 2. The molecule has 2 aromatic rings. The Hall–Kier alpha value is -3.50. The van der Waals surface area contributed by atoms with E-state index in [0.29, 0.717) is 10.6 Å². The van der Waals surface area contributed by atoms with Crippen molar-refractivity contribution >= 4 is 23.6 Å². The lowest BCUT2D eigenvalue weighted by molar-refractivity contribution is -0.136. The van der Waals surface area contributed by atoms with Gasteiger partial charge in [-0.2, -0.15) is 5.26 Å². The van der Waals surface area contributed by atoms with Gasteiger partial charge in [-0.05, 0) is 17.7 Å². The molecule has 28 heavy (non-hydrogen) atoms. The first-order valence-corrected chi connectivity index (χ1v) is 9.28. The summed E-state index contributed by atoms with van der Waals surface area (Å²) in [4.78, 5) is 27.7. The lowest BCUT2D eigenvalue weighted by Crippen LogP contribution is -2.42. The number of allylic oxidation sites excluding steroid dienone is 1. The predicted octanol–water partition coefficient (Wildman–Crippen LogP) is 3.11. The van der Waals surface area contributed by atoms with Crippen LogP contribution in [0.15, 0.2) is 81.5 Å². The van der Waals surface area contributed by atoms with Crippen LogP contribution in [0.1, 0.15) is 21.8 Å². The van der Waals surface area contributed by atoms with Gasteiger partial charge in [0.25, 0.3) is 5.91 Å². The Morgan fingerprint density at radius 1 is 1.18 bits per heavy atom. The molecule has 7 heteroatoms. The largest absolute Gasteiger partial charge is 0.466 e. The van der Waals surface area contributed by atoms with E-state index in [1.807, 2.05) is 42.5 Å². The number of hydrogen-bond acceptors (Lipinski definition) is 6. The summed E-state index contributed by atoms with van der Waals surface area (Å²) in [5.41, 5.74) is 7.90. The number of nitriles is 1. The van der Waals surface area contributed by atoms with E-state index in [-0.39, 0.29) is 22.9 Å². The van der Waals surface area contributed by atoms with Crippen LogP contribution in [0.5, 0.6) is 0 Å². The van der Waals surface area contributed by atoms with Gasteiger partial charge in [0, 0.05) is 4.90 Å². The van der Waals surface area contributed by atoms with Gasteiger partial charge in [0.15, 0.2) is 0 Å². The number of carbonyl (C=O) groups is 2. The van der Waals surface area contributed by atoms with E-state index >= 15 is 0 Å². The molecule has 2 aliphatic rings. The average molecular weight is 389 g/mol. The molecule has 4 rings (SSSR count). The third-order valence-corrected chi connectivity index (χ3v) is 5.89. The van der Waals surface area contributed by atoms with Gasteiger partial charge < -0.3 is 10.5 Å². The van der Waals surface area contributed by atoms with E-state index in [9.17, 15) is 14.9 Å². The summed E-state index contributed by atoms with van der Waals surface area (Å²) in [7, 11) is 1.25. The van der Waals surface area contributed by atoms with Gasteiger partial charge in [-0.1, -0.05) is 54.2 Å². The number of carbonyl (C=O) groups excluding carboxylic acids is 2. The van der Waals surface area contributed by atoms with Crippen molar-refractivity contribution in [2.45, 2.75) is 10.8 Å². The van der Waals surface area contributed by atoms with Gasteiger partial charge in [0.2, 0.25) is 0 Å². The second-order valence-electron chi connectivity index (χ2n) is 6.20.